The van der Waals surface area contributed by atoms with Gasteiger partial charge in [-0.3, -0.25) is 0 Å². The first kappa shape index (κ1) is 27.4. The van der Waals surface area contributed by atoms with Crippen LogP contribution in [0.15, 0.2) is 170 Å². The molecule has 0 aliphatic heterocycles. The minimum atomic E-state index is 1.18. The molecular formula is C48H28N2S. The van der Waals surface area contributed by atoms with Crippen LogP contribution in [-0.2, 0) is 0 Å². The van der Waals surface area contributed by atoms with Crippen molar-refractivity contribution < 1.29 is 0 Å². The summed E-state index contributed by atoms with van der Waals surface area (Å²) in [6, 6.07) is 62.8. The fourth-order valence-electron chi connectivity index (χ4n) is 9.01. The number of rotatable bonds is 3. The fraction of sp³-hybridized carbons (Fsp3) is 0. The smallest absolute Gasteiger partial charge is 0.0642 e. The maximum atomic E-state index is 2.58. The number of thiophene rings is 1. The average Bonchev–Trinajstić information content (AvgIpc) is 3.83. The van der Waals surface area contributed by atoms with Crippen molar-refractivity contribution in [1.82, 2.24) is 8.97 Å². The van der Waals surface area contributed by atoms with Crippen LogP contribution < -0.4 is 0 Å². The summed E-state index contributed by atoms with van der Waals surface area (Å²) in [7, 11) is 0. The molecule has 0 atom stereocenters. The first-order chi connectivity index (χ1) is 25.3. The number of benzene rings is 8. The van der Waals surface area contributed by atoms with E-state index in [1.807, 2.05) is 11.3 Å². The monoisotopic (exact) mass is 664 g/mol. The molecule has 0 saturated heterocycles. The van der Waals surface area contributed by atoms with Crippen molar-refractivity contribution in [1.29, 1.82) is 0 Å². The molecule has 4 heterocycles. The van der Waals surface area contributed by atoms with Gasteiger partial charge in [0.2, 0.25) is 0 Å². The normalized spacial score (nSPS) is 12.3. The molecule has 2 nitrogen and oxygen atoms in total. The Kier molecular flexibility index (Phi) is 5.41. The van der Waals surface area contributed by atoms with E-state index in [0.717, 1.165) is 0 Å². The molecule has 0 amide bonds. The molecule has 3 heteroatoms. The Balaban J connectivity index is 1.40. The minimum absolute atomic E-state index is 1.18. The zero-order valence-corrected chi connectivity index (χ0v) is 28.3. The molecule has 0 N–H and O–H groups in total. The molecule has 0 aliphatic carbocycles. The number of aromatic nitrogens is 2. The van der Waals surface area contributed by atoms with E-state index in [2.05, 4.69) is 179 Å². The average molecular weight is 665 g/mol. The number of fused-ring (bicyclic) bond motifs is 9. The molecule has 0 radical (unpaired) electrons. The molecule has 0 spiro atoms. The Morgan fingerprint density at radius 2 is 0.980 bits per heavy atom. The number of hydrogen-bond donors (Lipinski definition) is 0. The molecule has 236 valence electrons. The largest absolute Gasteiger partial charge is 0.308 e. The van der Waals surface area contributed by atoms with Crippen molar-refractivity contribution in [2.24, 2.45) is 0 Å². The summed E-state index contributed by atoms with van der Waals surface area (Å²) in [5.41, 5.74) is 12.3. The van der Waals surface area contributed by atoms with E-state index in [-0.39, 0.29) is 0 Å². The second-order valence-electron chi connectivity index (χ2n) is 13.6. The van der Waals surface area contributed by atoms with Gasteiger partial charge in [-0.1, -0.05) is 133 Å². The molecule has 0 aliphatic rings. The molecule has 0 saturated carbocycles. The van der Waals surface area contributed by atoms with Gasteiger partial charge in [0.25, 0.3) is 0 Å². The molecule has 12 aromatic rings. The third-order valence-electron chi connectivity index (χ3n) is 11.0. The number of hydrogen-bond acceptors (Lipinski definition) is 1. The highest BCUT2D eigenvalue weighted by Crippen LogP contribution is 2.51. The van der Waals surface area contributed by atoms with E-state index < -0.39 is 0 Å². The molecule has 4 aromatic heterocycles. The summed E-state index contributed by atoms with van der Waals surface area (Å²) in [5, 5.41) is 10.3. The van der Waals surface area contributed by atoms with Crippen LogP contribution in [0.5, 0.6) is 0 Å². The van der Waals surface area contributed by atoms with E-state index in [1.165, 1.54) is 108 Å². The van der Waals surface area contributed by atoms with E-state index in [4.69, 9.17) is 0 Å². The Morgan fingerprint density at radius 1 is 0.373 bits per heavy atom. The zero-order valence-electron chi connectivity index (χ0n) is 27.5. The molecule has 8 aromatic carbocycles. The predicted molar refractivity (Wildman–Crippen MR) is 219 cm³/mol. The van der Waals surface area contributed by atoms with Crippen LogP contribution in [0.1, 0.15) is 0 Å². The summed E-state index contributed by atoms with van der Waals surface area (Å²) >= 11 is 1.91. The summed E-state index contributed by atoms with van der Waals surface area (Å²) < 4.78 is 7.76. The van der Waals surface area contributed by atoms with Gasteiger partial charge in [0.15, 0.2) is 0 Å². The molecule has 0 unspecified atom stereocenters. The van der Waals surface area contributed by atoms with Crippen LogP contribution in [0.4, 0.5) is 0 Å². The first-order valence-electron chi connectivity index (χ1n) is 17.5. The number of para-hydroxylation sites is 3. The van der Waals surface area contributed by atoms with Gasteiger partial charge in [-0.15, -0.1) is 11.3 Å². The quantitative estimate of drug-likeness (QED) is 0.178. The van der Waals surface area contributed by atoms with Crippen molar-refractivity contribution >= 4 is 91.4 Å². The van der Waals surface area contributed by atoms with Crippen LogP contribution in [0.3, 0.4) is 0 Å². The topological polar surface area (TPSA) is 9.34 Å². The van der Waals surface area contributed by atoms with E-state index in [9.17, 15) is 0 Å². The van der Waals surface area contributed by atoms with E-state index in [0.29, 0.717) is 0 Å². The van der Waals surface area contributed by atoms with Gasteiger partial charge in [-0.25, -0.2) is 0 Å². The standard InChI is InChI=1S/C48H28N2S/c1-2-14-29(15-3-1)30-16-4-8-23-39(30)50-42-26-13-20-34-31-17-5-9-24-40(31)49-41-25-10-6-18-32(41)37-28-38(47(50)45(44(34)42)46(37)49)36-22-12-21-35-33-19-7-11-27-43(33)51-48(35)36/h1-28H. The van der Waals surface area contributed by atoms with Crippen LogP contribution >= 0.6 is 11.3 Å². The molecule has 0 bridgehead atoms. The highest BCUT2D eigenvalue weighted by molar-refractivity contribution is 7.26. The molecule has 12 rings (SSSR count). The van der Waals surface area contributed by atoms with Gasteiger partial charge in [0.05, 0.1) is 33.3 Å². The summed E-state index contributed by atoms with van der Waals surface area (Å²) in [6.45, 7) is 0. The van der Waals surface area contributed by atoms with Crippen molar-refractivity contribution in [3.05, 3.63) is 170 Å². The fourth-order valence-corrected chi connectivity index (χ4v) is 10.2. The lowest BCUT2D eigenvalue weighted by Gasteiger charge is -2.17. The Bertz CT molecular complexity index is 3360. The van der Waals surface area contributed by atoms with Gasteiger partial charge in [-0.2, -0.15) is 0 Å². The van der Waals surface area contributed by atoms with Crippen LogP contribution in [0.25, 0.3) is 108 Å². The third-order valence-corrected chi connectivity index (χ3v) is 12.3. The highest BCUT2D eigenvalue weighted by atomic mass is 32.1. The van der Waals surface area contributed by atoms with E-state index in [1.54, 1.807) is 0 Å². The summed E-state index contributed by atoms with van der Waals surface area (Å²) in [5.74, 6) is 0. The van der Waals surface area contributed by atoms with Crippen LogP contribution in [0.2, 0.25) is 0 Å². The van der Waals surface area contributed by atoms with Gasteiger partial charge < -0.3 is 8.97 Å². The van der Waals surface area contributed by atoms with Crippen molar-refractivity contribution in [2.45, 2.75) is 0 Å². The number of nitrogens with zero attached hydrogens (tertiary/aromatic N) is 2. The Morgan fingerprint density at radius 3 is 1.82 bits per heavy atom. The maximum absolute atomic E-state index is 2.58. The first-order valence-corrected chi connectivity index (χ1v) is 18.4. The summed E-state index contributed by atoms with van der Waals surface area (Å²) in [4.78, 5) is 0. The lowest BCUT2D eigenvalue weighted by molar-refractivity contribution is 1.18. The highest BCUT2D eigenvalue weighted by Gasteiger charge is 2.27. The van der Waals surface area contributed by atoms with Crippen LogP contribution in [0, 0.1) is 0 Å². The minimum Gasteiger partial charge on any atom is -0.308 e. The lowest BCUT2D eigenvalue weighted by atomic mass is 9.96. The zero-order chi connectivity index (χ0) is 33.2. The van der Waals surface area contributed by atoms with Gasteiger partial charge in [0.1, 0.15) is 0 Å². The van der Waals surface area contributed by atoms with Gasteiger partial charge in [0, 0.05) is 63.8 Å². The van der Waals surface area contributed by atoms with Crippen molar-refractivity contribution in [3.8, 4) is 27.9 Å². The Labute approximate surface area is 297 Å². The van der Waals surface area contributed by atoms with Gasteiger partial charge in [-0.05, 0) is 47.3 Å². The molecule has 0 fully saturated rings. The lowest BCUT2D eigenvalue weighted by Crippen LogP contribution is -1.99. The maximum Gasteiger partial charge on any atom is 0.0642 e. The Hall–Kier alpha value is -6.42. The SMILES string of the molecule is c1ccc(-c2ccccc2-n2c3cccc4c5ccccc5n5c6ccccc6c6cc(-c7cccc8c7sc7ccccc78)c2c(c43)c65)cc1. The van der Waals surface area contributed by atoms with E-state index >= 15 is 0 Å². The van der Waals surface area contributed by atoms with Crippen molar-refractivity contribution in [2.75, 3.05) is 0 Å². The van der Waals surface area contributed by atoms with Crippen LogP contribution in [-0.4, -0.2) is 8.97 Å². The summed E-state index contributed by atoms with van der Waals surface area (Å²) in [6.07, 6.45) is 0. The molecule has 51 heavy (non-hydrogen) atoms. The third kappa shape index (κ3) is 3.56. The predicted octanol–water partition coefficient (Wildman–Crippen LogP) is 13.6. The van der Waals surface area contributed by atoms with Crippen molar-refractivity contribution in [3.63, 3.8) is 0 Å². The van der Waals surface area contributed by atoms with Gasteiger partial charge >= 0.3 is 0 Å². The second-order valence-corrected chi connectivity index (χ2v) is 14.7. The second kappa shape index (κ2) is 10.1. The molecular weight excluding hydrogens is 637 g/mol.